The Labute approximate surface area is 187 Å². The number of H-pyrrole nitrogens is 1. The summed E-state index contributed by atoms with van der Waals surface area (Å²) in [4.78, 5) is 12.8. The average Bonchev–Trinajstić information content (AvgIpc) is 3.26. The maximum Gasteiger partial charge on any atom is 0.273 e. The lowest BCUT2D eigenvalue weighted by Gasteiger charge is -2.30. The minimum atomic E-state index is -3.55. The van der Waals surface area contributed by atoms with E-state index < -0.39 is 15.9 Å². The van der Waals surface area contributed by atoms with Gasteiger partial charge in [0, 0.05) is 24.3 Å². The second-order valence-corrected chi connectivity index (χ2v) is 10.2. The van der Waals surface area contributed by atoms with Gasteiger partial charge in [0.2, 0.25) is 10.0 Å². The third-order valence-corrected chi connectivity index (χ3v) is 7.59. The van der Waals surface area contributed by atoms with Crippen LogP contribution in [-0.2, 0) is 10.0 Å². The van der Waals surface area contributed by atoms with E-state index in [1.54, 1.807) is 43.3 Å². The SMILES string of the molecule is Cc1cccc(-c2cc(C(=O)Nc3ccc(S(=O)(=O)N4CCCC(C)C4)cc3)[nH]n2)c1O. The zero-order chi connectivity index (χ0) is 22.9. The van der Waals surface area contributed by atoms with Crippen molar-refractivity contribution in [3.8, 4) is 17.0 Å². The predicted octanol–water partition coefficient (Wildman–Crippen LogP) is 3.76. The minimum absolute atomic E-state index is 0.117. The molecule has 3 N–H and O–H groups in total. The Hall–Kier alpha value is -3.17. The largest absolute Gasteiger partial charge is 0.507 e. The van der Waals surface area contributed by atoms with E-state index in [-0.39, 0.29) is 16.3 Å². The number of sulfonamides is 1. The van der Waals surface area contributed by atoms with Crippen LogP contribution in [0, 0.1) is 12.8 Å². The van der Waals surface area contributed by atoms with Crippen molar-refractivity contribution in [1.82, 2.24) is 14.5 Å². The molecule has 1 amide bonds. The third kappa shape index (κ3) is 4.39. The van der Waals surface area contributed by atoms with Crippen LogP contribution in [0.25, 0.3) is 11.3 Å². The first-order valence-corrected chi connectivity index (χ1v) is 12.0. The Morgan fingerprint density at radius 3 is 2.69 bits per heavy atom. The third-order valence-electron chi connectivity index (χ3n) is 5.71. The fourth-order valence-corrected chi connectivity index (χ4v) is 5.46. The molecule has 168 valence electrons. The van der Waals surface area contributed by atoms with E-state index in [9.17, 15) is 18.3 Å². The summed E-state index contributed by atoms with van der Waals surface area (Å²) in [5.41, 5.74) is 2.39. The van der Waals surface area contributed by atoms with Crippen LogP contribution in [0.5, 0.6) is 5.75 Å². The van der Waals surface area contributed by atoms with Gasteiger partial charge in [-0.15, -0.1) is 0 Å². The number of carbonyl (C=O) groups is 1. The fourth-order valence-electron chi connectivity index (χ4n) is 3.86. The molecule has 2 heterocycles. The van der Waals surface area contributed by atoms with Crippen LogP contribution in [0.4, 0.5) is 5.69 Å². The van der Waals surface area contributed by atoms with Gasteiger partial charge in [-0.05, 0) is 67.6 Å². The van der Waals surface area contributed by atoms with E-state index in [1.807, 2.05) is 0 Å². The van der Waals surface area contributed by atoms with Crippen molar-refractivity contribution in [1.29, 1.82) is 0 Å². The molecule has 0 saturated carbocycles. The summed E-state index contributed by atoms with van der Waals surface area (Å²) >= 11 is 0. The Kier molecular flexibility index (Phi) is 6.03. The van der Waals surface area contributed by atoms with Crippen LogP contribution in [0.3, 0.4) is 0 Å². The van der Waals surface area contributed by atoms with E-state index in [4.69, 9.17) is 0 Å². The zero-order valence-electron chi connectivity index (χ0n) is 18.0. The standard InChI is InChI=1S/C23H26N4O4S/c1-15-5-4-12-27(14-15)32(30,31)18-10-8-17(9-11-18)24-23(29)21-13-20(25-26-21)19-7-3-6-16(2)22(19)28/h3,6-11,13,15,28H,4-5,12,14H2,1-2H3,(H,24,29)(H,25,26). The maximum atomic E-state index is 12.9. The summed E-state index contributed by atoms with van der Waals surface area (Å²) in [6.07, 6.45) is 1.90. The van der Waals surface area contributed by atoms with Gasteiger partial charge >= 0.3 is 0 Å². The number of anilines is 1. The van der Waals surface area contributed by atoms with Crippen LogP contribution in [0.2, 0.25) is 0 Å². The van der Waals surface area contributed by atoms with E-state index in [0.29, 0.717) is 41.5 Å². The molecule has 32 heavy (non-hydrogen) atoms. The summed E-state index contributed by atoms with van der Waals surface area (Å²) in [6.45, 7) is 4.90. The first-order valence-electron chi connectivity index (χ1n) is 10.5. The monoisotopic (exact) mass is 454 g/mol. The molecule has 1 fully saturated rings. The average molecular weight is 455 g/mol. The van der Waals surface area contributed by atoms with Gasteiger partial charge < -0.3 is 10.4 Å². The molecule has 1 atom stereocenters. The number of para-hydroxylation sites is 1. The number of aryl methyl sites for hydroxylation is 1. The lowest BCUT2D eigenvalue weighted by Crippen LogP contribution is -2.39. The molecule has 3 aromatic rings. The van der Waals surface area contributed by atoms with E-state index >= 15 is 0 Å². The number of piperidine rings is 1. The van der Waals surface area contributed by atoms with Gasteiger partial charge in [0.1, 0.15) is 11.4 Å². The molecule has 1 saturated heterocycles. The first-order chi connectivity index (χ1) is 15.3. The fraction of sp³-hybridized carbons (Fsp3) is 0.304. The summed E-state index contributed by atoms with van der Waals surface area (Å²) < 4.78 is 27.3. The predicted molar refractivity (Wildman–Crippen MR) is 122 cm³/mol. The van der Waals surface area contributed by atoms with E-state index in [1.165, 1.54) is 16.4 Å². The Bertz CT molecular complexity index is 1240. The minimum Gasteiger partial charge on any atom is -0.507 e. The molecule has 9 heteroatoms. The van der Waals surface area contributed by atoms with Gasteiger partial charge in [0.15, 0.2) is 0 Å². The van der Waals surface area contributed by atoms with Crippen molar-refractivity contribution >= 4 is 21.6 Å². The van der Waals surface area contributed by atoms with E-state index in [0.717, 1.165) is 12.8 Å². The number of amides is 1. The van der Waals surface area contributed by atoms with Crippen molar-refractivity contribution in [2.24, 2.45) is 5.92 Å². The molecule has 0 aliphatic carbocycles. The van der Waals surface area contributed by atoms with Crippen molar-refractivity contribution < 1.29 is 18.3 Å². The van der Waals surface area contributed by atoms with Crippen LogP contribution in [0.15, 0.2) is 53.4 Å². The van der Waals surface area contributed by atoms with Crippen molar-refractivity contribution in [3.63, 3.8) is 0 Å². The smallest absolute Gasteiger partial charge is 0.273 e. The molecule has 0 bridgehead atoms. The lowest BCUT2D eigenvalue weighted by atomic mass is 10.0. The molecule has 1 unspecified atom stereocenters. The van der Waals surface area contributed by atoms with Crippen molar-refractivity contribution in [3.05, 3.63) is 59.8 Å². The number of hydrogen-bond donors (Lipinski definition) is 3. The molecule has 8 nitrogen and oxygen atoms in total. The number of phenolic OH excluding ortho intramolecular Hbond substituents is 1. The summed E-state index contributed by atoms with van der Waals surface area (Å²) in [6, 6.07) is 13.0. The number of nitrogens with one attached hydrogen (secondary N) is 2. The van der Waals surface area contributed by atoms with Crippen LogP contribution >= 0.6 is 0 Å². The van der Waals surface area contributed by atoms with Crippen LogP contribution in [-0.4, -0.2) is 47.0 Å². The molecule has 1 aromatic heterocycles. The maximum absolute atomic E-state index is 12.9. The topological polar surface area (TPSA) is 115 Å². The normalized spacial score (nSPS) is 17.2. The number of aromatic hydroxyl groups is 1. The highest BCUT2D eigenvalue weighted by atomic mass is 32.2. The molecule has 4 rings (SSSR count). The number of carbonyl (C=O) groups excluding carboxylic acids is 1. The van der Waals surface area contributed by atoms with Gasteiger partial charge in [-0.3, -0.25) is 9.89 Å². The van der Waals surface area contributed by atoms with Gasteiger partial charge in [0.05, 0.1) is 10.6 Å². The van der Waals surface area contributed by atoms with Gasteiger partial charge in [-0.1, -0.05) is 19.1 Å². The van der Waals surface area contributed by atoms with Crippen molar-refractivity contribution in [2.45, 2.75) is 31.6 Å². The highest BCUT2D eigenvalue weighted by molar-refractivity contribution is 7.89. The first kappa shape index (κ1) is 22.0. The summed E-state index contributed by atoms with van der Waals surface area (Å²) in [5, 5.41) is 19.8. The molecule has 0 radical (unpaired) electrons. The van der Waals surface area contributed by atoms with Crippen LogP contribution < -0.4 is 5.32 Å². The highest BCUT2D eigenvalue weighted by Crippen LogP contribution is 2.31. The van der Waals surface area contributed by atoms with Crippen molar-refractivity contribution in [2.75, 3.05) is 18.4 Å². The zero-order valence-corrected chi connectivity index (χ0v) is 18.8. The molecule has 1 aliphatic rings. The second-order valence-electron chi connectivity index (χ2n) is 8.23. The molecule has 1 aliphatic heterocycles. The number of hydrogen-bond acceptors (Lipinski definition) is 5. The molecule has 0 spiro atoms. The highest BCUT2D eigenvalue weighted by Gasteiger charge is 2.28. The van der Waals surface area contributed by atoms with Gasteiger partial charge in [0.25, 0.3) is 5.91 Å². The Morgan fingerprint density at radius 1 is 1.22 bits per heavy atom. The summed E-state index contributed by atoms with van der Waals surface area (Å²) in [7, 11) is -3.55. The molecular weight excluding hydrogens is 428 g/mol. The van der Waals surface area contributed by atoms with Gasteiger partial charge in [-0.25, -0.2) is 8.42 Å². The molecular formula is C23H26N4O4S. The Morgan fingerprint density at radius 2 is 1.97 bits per heavy atom. The second kappa shape index (κ2) is 8.76. The molecule has 2 aromatic carbocycles. The lowest BCUT2D eigenvalue weighted by molar-refractivity contribution is 0.102. The number of aromatic amines is 1. The summed E-state index contributed by atoms with van der Waals surface area (Å²) in [5.74, 6) is 0.0420. The van der Waals surface area contributed by atoms with Gasteiger partial charge in [-0.2, -0.15) is 9.40 Å². The number of nitrogens with zero attached hydrogens (tertiary/aromatic N) is 2. The van der Waals surface area contributed by atoms with Crippen LogP contribution in [0.1, 0.15) is 35.8 Å². The quantitative estimate of drug-likeness (QED) is 0.543. The number of rotatable bonds is 5. The number of phenols is 1. The number of benzene rings is 2. The van der Waals surface area contributed by atoms with E-state index in [2.05, 4.69) is 22.4 Å². The Balaban J connectivity index is 1.47. The number of aromatic nitrogens is 2.